The van der Waals surface area contributed by atoms with Crippen LogP contribution < -0.4 is 9.46 Å². The molecule has 0 radical (unpaired) electrons. The van der Waals surface area contributed by atoms with Crippen molar-refractivity contribution in [1.82, 2.24) is 4.72 Å². The molecular weight excluding hydrogens is 316 g/mol. The molecular formula is C11H12ClF2NO4S. The molecule has 1 fully saturated rings. The van der Waals surface area contributed by atoms with Gasteiger partial charge in [-0.25, -0.2) is 13.1 Å². The number of alkyl halides is 2. The van der Waals surface area contributed by atoms with Gasteiger partial charge in [-0.3, -0.25) is 0 Å². The molecule has 20 heavy (non-hydrogen) atoms. The lowest BCUT2D eigenvalue weighted by atomic mass is 9.91. The van der Waals surface area contributed by atoms with Crippen molar-refractivity contribution < 1.29 is 27.0 Å². The molecule has 1 aliphatic rings. The Bertz CT molecular complexity index is 590. The molecule has 2 rings (SSSR count). The number of aliphatic hydroxyl groups is 1. The molecule has 1 aliphatic carbocycles. The number of ether oxygens (including phenoxy) is 1. The fourth-order valence-corrected chi connectivity index (χ4v) is 3.39. The summed E-state index contributed by atoms with van der Waals surface area (Å²) in [6.45, 7) is -3.04. The molecule has 0 heterocycles. The van der Waals surface area contributed by atoms with Crippen LogP contribution in [0.25, 0.3) is 0 Å². The summed E-state index contributed by atoms with van der Waals surface area (Å²) in [5.41, 5.74) is 0. The fourth-order valence-electron chi connectivity index (χ4n) is 1.81. The summed E-state index contributed by atoms with van der Waals surface area (Å²) < 4.78 is 54.6. The summed E-state index contributed by atoms with van der Waals surface area (Å²) >= 11 is 5.70. The molecule has 112 valence electrons. The molecule has 0 atom stereocenters. The van der Waals surface area contributed by atoms with Crippen LogP contribution in [0, 0.1) is 0 Å². The Labute approximate surface area is 119 Å². The summed E-state index contributed by atoms with van der Waals surface area (Å²) in [5, 5.41) is 8.89. The highest BCUT2D eigenvalue weighted by molar-refractivity contribution is 7.89. The predicted molar refractivity (Wildman–Crippen MR) is 67.4 cm³/mol. The first-order valence-corrected chi connectivity index (χ1v) is 7.59. The summed E-state index contributed by atoms with van der Waals surface area (Å²) in [4.78, 5) is -0.148. The Balaban J connectivity index is 2.13. The minimum Gasteiger partial charge on any atom is -0.433 e. The molecule has 0 aromatic heterocycles. The topological polar surface area (TPSA) is 75.6 Å². The van der Waals surface area contributed by atoms with Gasteiger partial charge in [0.2, 0.25) is 10.0 Å². The van der Waals surface area contributed by atoms with Crippen LogP contribution in [0.3, 0.4) is 0 Å². The van der Waals surface area contributed by atoms with E-state index in [-0.39, 0.29) is 21.7 Å². The Kier molecular flexibility index (Phi) is 4.48. The normalized spacial score (nSPS) is 22.6. The van der Waals surface area contributed by atoms with Gasteiger partial charge in [-0.2, -0.15) is 8.78 Å². The van der Waals surface area contributed by atoms with Gasteiger partial charge in [0.1, 0.15) is 5.75 Å². The SMILES string of the molecule is O=S(=O)(NC1CC(O)C1)c1ccc(OC(F)F)c(Cl)c1. The van der Waals surface area contributed by atoms with Gasteiger partial charge in [-0.05, 0) is 31.0 Å². The minimum atomic E-state index is -3.80. The van der Waals surface area contributed by atoms with Crippen LogP contribution in [-0.4, -0.2) is 32.3 Å². The van der Waals surface area contributed by atoms with Gasteiger partial charge in [0.25, 0.3) is 0 Å². The van der Waals surface area contributed by atoms with Crippen molar-refractivity contribution in [2.45, 2.75) is 36.5 Å². The first-order chi connectivity index (χ1) is 9.28. The van der Waals surface area contributed by atoms with E-state index in [9.17, 15) is 17.2 Å². The number of halogens is 3. The molecule has 1 saturated carbocycles. The maximum atomic E-state index is 12.1. The van der Waals surface area contributed by atoms with Crippen molar-refractivity contribution in [3.63, 3.8) is 0 Å². The average Bonchev–Trinajstić information content (AvgIpc) is 2.29. The zero-order valence-electron chi connectivity index (χ0n) is 10.1. The van der Waals surface area contributed by atoms with Crippen molar-refractivity contribution in [2.75, 3.05) is 0 Å². The quantitative estimate of drug-likeness (QED) is 0.864. The van der Waals surface area contributed by atoms with Crippen LogP contribution in [0.2, 0.25) is 5.02 Å². The molecule has 1 aromatic carbocycles. The lowest BCUT2D eigenvalue weighted by Gasteiger charge is -2.31. The van der Waals surface area contributed by atoms with Crippen LogP contribution in [0.15, 0.2) is 23.1 Å². The molecule has 1 aromatic rings. The van der Waals surface area contributed by atoms with E-state index < -0.39 is 22.7 Å². The van der Waals surface area contributed by atoms with Crippen LogP contribution >= 0.6 is 11.6 Å². The minimum absolute atomic E-state index is 0.148. The van der Waals surface area contributed by atoms with Crippen LogP contribution in [0.5, 0.6) is 5.75 Å². The molecule has 0 amide bonds. The summed E-state index contributed by atoms with van der Waals surface area (Å²) in [6, 6.07) is 2.90. The zero-order chi connectivity index (χ0) is 14.9. The molecule has 0 aliphatic heterocycles. The number of hydrogen-bond acceptors (Lipinski definition) is 4. The number of hydrogen-bond donors (Lipinski definition) is 2. The van der Waals surface area contributed by atoms with E-state index in [2.05, 4.69) is 9.46 Å². The van der Waals surface area contributed by atoms with Crippen LogP contribution in [0.4, 0.5) is 8.78 Å². The summed E-state index contributed by atoms with van der Waals surface area (Å²) in [6.07, 6.45) is 0.201. The second kappa shape index (κ2) is 5.80. The molecule has 0 bridgehead atoms. The molecule has 0 spiro atoms. The number of nitrogens with one attached hydrogen (secondary N) is 1. The maximum absolute atomic E-state index is 12.1. The van der Waals surface area contributed by atoms with Crippen LogP contribution in [-0.2, 0) is 10.0 Å². The molecule has 9 heteroatoms. The maximum Gasteiger partial charge on any atom is 0.387 e. The third-order valence-corrected chi connectivity index (χ3v) is 4.68. The van der Waals surface area contributed by atoms with Gasteiger partial charge in [-0.1, -0.05) is 11.6 Å². The first kappa shape index (κ1) is 15.4. The summed E-state index contributed by atoms with van der Waals surface area (Å²) in [5.74, 6) is -0.292. The van der Waals surface area contributed by atoms with Gasteiger partial charge < -0.3 is 9.84 Å². The third-order valence-electron chi connectivity index (χ3n) is 2.86. The number of aliphatic hydroxyl groups excluding tert-OH is 1. The van der Waals surface area contributed by atoms with Gasteiger partial charge in [-0.15, -0.1) is 0 Å². The standard InChI is InChI=1S/C11H12ClF2NO4S/c12-9-5-8(1-2-10(9)19-11(13)14)20(17,18)15-6-3-7(16)4-6/h1-2,5-7,11,15-16H,3-4H2. The number of rotatable bonds is 5. The zero-order valence-corrected chi connectivity index (χ0v) is 11.7. The largest absolute Gasteiger partial charge is 0.433 e. The van der Waals surface area contributed by atoms with Crippen LogP contribution in [0.1, 0.15) is 12.8 Å². The summed E-state index contributed by atoms with van der Waals surface area (Å²) in [7, 11) is -3.80. The van der Waals surface area contributed by atoms with E-state index >= 15 is 0 Å². The van der Waals surface area contributed by atoms with E-state index in [0.29, 0.717) is 12.8 Å². The fraction of sp³-hybridized carbons (Fsp3) is 0.455. The predicted octanol–water partition coefficient (Wildman–Crippen LogP) is 1.74. The first-order valence-electron chi connectivity index (χ1n) is 5.72. The van der Waals surface area contributed by atoms with E-state index in [4.69, 9.17) is 16.7 Å². The van der Waals surface area contributed by atoms with Gasteiger partial charge in [0.15, 0.2) is 0 Å². The van der Waals surface area contributed by atoms with Crippen molar-refractivity contribution in [3.8, 4) is 5.75 Å². The molecule has 5 nitrogen and oxygen atoms in total. The molecule has 2 N–H and O–H groups in total. The van der Waals surface area contributed by atoms with Gasteiger partial charge >= 0.3 is 6.61 Å². The lowest BCUT2D eigenvalue weighted by Crippen LogP contribution is -2.46. The van der Waals surface area contributed by atoms with E-state index in [1.165, 1.54) is 0 Å². The number of benzene rings is 1. The molecule has 0 unspecified atom stereocenters. The molecule has 0 saturated heterocycles. The Morgan fingerprint density at radius 1 is 1.40 bits per heavy atom. The Morgan fingerprint density at radius 3 is 2.55 bits per heavy atom. The highest BCUT2D eigenvalue weighted by Crippen LogP contribution is 2.29. The number of sulfonamides is 1. The highest BCUT2D eigenvalue weighted by atomic mass is 35.5. The van der Waals surface area contributed by atoms with Crippen molar-refractivity contribution in [1.29, 1.82) is 0 Å². The Morgan fingerprint density at radius 2 is 2.05 bits per heavy atom. The van der Waals surface area contributed by atoms with Gasteiger partial charge in [0.05, 0.1) is 16.0 Å². The second-order valence-electron chi connectivity index (χ2n) is 4.41. The second-order valence-corrected chi connectivity index (χ2v) is 6.54. The van der Waals surface area contributed by atoms with Crippen molar-refractivity contribution >= 4 is 21.6 Å². The van der Waals surface area contributed by atoms with Crippen molar-refractivity contribution in [3.05, 3.63) is 23.2 Å². The van der Waals surface area contributed by atoms with E-state index in [1.807, 2.05) is 0 Å². The Hall–Kier alpha value is -0.960. The van der Waals surface area contributed by atoms with Gasteiger partial charge in [0, 0.05) is 6.04 Å². The lowest BCUT2D eigenvalue weighted by molar-refractivity contribution is -0.0498. The highest BCUT2D eigenvalue weighted by Gasteiger charge is 2.31. The third kappa shape index (κ3) is 3.57. The van der Waals surface area contributed by atoms with E-state index in [1.54, 1.807) is 0 Å². The smallest absolute Gasteiger partial charge is 0.387 e. The van der Waals surface area contributed by atoms with Crippen molar-refractivity contribution in [2.24, 2.45) is 0 Å². The monoisotopic (exact) mass is 327 g/mol. The average molecular weight is 328 g/mol. The van der Waals surface area contributed by atoms with E-state index in [0.717, 1.165) is 18.2 Å².